The SMILES string of the molecule is CCCCC(C)(C)CCCCCC(O)CC. The van der Waals surface area contributed by atoms with Crippen LogP contribution in [0.2, 0.25) is 0 Å². The normalized spacial score (nSPS) is 14.1. The van der Waals surface area contributed by atoms with Crippen LogP contribution in [0.15, 0.2) is 0 Å². The maximum absolute atomic E-state index is 9.43. The zero-order chi connectivity index (χ0) is 12.4. The standard InChI is InChI=1S/C15H32O/c1-5-7-12-15(3,4)13-10-8-9-11-14(16)6-2/h14,16H,5-13H2,1-4H3. The third kappa shape index (κ3) is 9.21. The van der Waals surface area contributed by atoms with Crippen LogP contribution in [0.3, 0.4) is 0 Å². The first-order valence-corrected chi connectivity index (χ1v) is 7.20. The molecule has 0 aliphatic carbocycles. The average Bonchev–Trinajstić information content (AvgIpc) is 2.25. The van der Waals surface area contributed by atoms with E-state index in [1.807, 2.05) is 0 Å². The van der Waals surface area contributed by atoms with Gasteiger partial charge in [0.15, 0.2) is 0 Å². The van der Waals surface area contributed by atoms with E-state index in [1.165, 1.54) is 44.9 Å². The van der Waals surface area contributed by atoms with E-state index in [4.69, 9.17) is 0 Å². The molecule has 0 spiro atoms. The highest BCUT2D eigenvalue weighted by atomic mass is 16.3. The van der Waals surface area contributed by atoms with Crippen LogP contribution >= 0.6 is 0 Å². The number of hydrogen-bond acceptors (Lipinski definition) is 1. The molecule has 1 atom stereocenters. The van der Waals surface area contributed by atoms with Crippen LogP contribution in [0, 0.1) is 5.41 Å². The zero-order valence-electron chi connectivity index (χ0n) is 11.9. The quantitative estimate of drug-likeness (QED) is 0.526. The van der Waals surface area contributed by atoms with Gasteiger partial charge in [0.1, 0.15) is 0 Å². The van der Waals surface area contributed by atoms with Gasteiger partial charge in [-0.05, 0) is 31.1 Å². The van der Waals surface area contributed by atoms with Crippen LogP contribution in [-0.4, -0.2) is 11.2 Å². The van der Waals surface area contributed by atoms with E-state index in [0.29, 0.717) is 5.41 Å². The van der Waals surface area contributed by atoms with Gasteiger partial charge in [-0.25, -0.2) is 0 Å². The second-order valence-electron chi connectivity index (χ2n) is 5.93. The Labute approximate surface area is 103 Å². The average molecular weight is 228 g/mol. The molecule has 0 aromatic rings. The summed E-state index contributed by atoms with van der Waals surface area (Å²) in [6, 6.07) is 0. The molecule has 1 N–H and O–H groups in total. The lowest BCUT2D eigenvalue weighted by atomic mass is 9.82. The Morgan fingerprint density at radius 3 is 2.12 bits per heavy atom. The van der Waals surface area contributed by atoms with Gasteiger partial charge in [-0.3, -0.25) is 0 Å². The van der Waals surface area contributed by atoms with Crippen molar-refractivity contribution in [2.75, 3.05) is 0 Å². The van der Waals surface area contributed by atoms with Crippen molar-refractivity contribution in [3.63, 3.8) is 0 Å². The van der Waals surface area contributed by atoms with E-state index in [0.717, 1.165) is 12.8 Å². The van der Waals surface area contributed by atoms with Crippen molar-refractivity contribution in [1.29, 1.82) is 0 Å². The third-order valence-corrected chi connectivity index (χ3v) is 3.57. The zero-order valence-corrected chi connectivity index (χ0v) is 11.9. The van der Waals surface area contributed by atoms with Gasteiger partial charge in [0, 0.05) is 0 Å². The monoisotopic (exact) mass is 228 g/mol. The molecule has 0 rings (SSSR count). The fraction of sp³-hybridized carbons (Fsp3) is 1.00. The summed E-state index contributed by atoms with van der Waals surface area (Å²) in [5.41, 5.74) is 0.527. The van der Waals surface area contributed by atoms with Crippen LogP contribution in [0.1, 0.15) is 85.5 Å². The minimum Gasteiger partial charge on any atom is -0.393 e. The van der Waals surface area contributed by atoms with E-state index < -0.39 is 0 Å². The molecular weight excluding hydrogens is 196 g/mol. The first-order valence-electron chi connectivity index (χ1n) is 7.20. The Morgan fingerprint density at radius 1 is 0.938 bits per heavy atom. The molecule has 0 heterocycles. The molecule has 0 bridgehead atoms. The molecule has 0 fully saturated rings. The molecular formula is C15H32O. The molecule has 0 amide bonds. The molecule has 0 saturated carbocycles. The summed E-state index contributed by atoms with van der Waals surface area (Å²) in [6.45, 7) is 9.11. The summed E-state index contributed by atoms with van der Waals surface area (Å²) in [6.07, 6.45) is 11.0. The Bertz CT molecular complexity index is 152. The highest BCUT2D eigenvalue weighted by molar-refractivity contribution is 4.68. The molecule has 0 aromatic heterocycles. The van der Waals surface area contributed by atoms with E-state index >= 15 is 0 Å². The second kappa shape index (κ2) is 9.04. The molecule has 0 saturated heterocycles. The van der Waals surface area contributed by atoms with Crippen molar-refractivity contribution in [3.05, 3.63) is 0 Å². The largest absolute Gasteiger partial charge is 0.393 e. The molecule has 1 heteroatoms. The van der Waals surface area contributed by atoms with Crippen LogP contribution in [0.5, 0.6) is 0 Å². The first-order chi connectivity index (χ1) is 7.52. The van der Waals surface area contributed by atoms with Gasteiger partial charge in [0.2, 0.25) is 0 Å². The van der Waals surface area contributed by atoms with Crippen molar-refractivity contribution in [1.82, 2.24) is 0 Å². The topological polar surface area (TPSA) is 20.2 Å². The van der Waals surface area contributed by atoms with Gasteiger partial charge in [-0.1, -0.05) is 59.8 Å². The van der Waals surface area contributed by atoms with E-state index in [2.05, 4.69) is 27.7 Å². The molecule has 1 nitrogen and oxygen atoms in total. The molecule has 98 valence electrons. The number of rotatable bonds is 10. The number of aliphatic hydroxyl groups excluding tert-OH is 1. The van der Waals surface area contributed by atoms with E-state index in [9.17, 15) is 5.11 Å². The van der Waals surface area contributed by atoms with E-state index in [-0.39, 0.29) is 6.10 Å². The van der Waals surface area contributed by atoms with Gasteiger partial charge in [-0.2, -0.15) is 0 Å². The fourth-order valence-electron chi connectivity index (χ4n) is 2.14. The van der Waals surface area contributed by atoms with Gasteiger partial charge in [-0.15, -0.1) is 0 Å². The number of aliphatic hydroxyl groups is 1. The first kappa shape index (κ1) is 16.0. The van der Waals surface area contributed by atoms with Crippen molar-refractivity contribution >= 4 is 0 Å². The molecule has 0 aliphatic rings. The number of unbranched alkanes of at least 4 members (excludes halogenated alkanes) is 3. The summed E-state index contributed by atoms with van der Waals surface area (Å²) in [7, 11) is 0. The molecule has 0 radical (unpaired) electrons. The maximum atomic E-state index is 9.43. The lowest BCUT2D eigenvalue weighted by Crippen LogP contribution is -2.11. The predicted molar refractivity (Wildman–Crippen MR) is 72.7 cm³/mol. The Kier molecular flexibility index (Phi) is 9.02. The summed E-state index contributed by atoms with van der Waals surface area (Å²) < 4.78 is 0. The summed E-state index contributed by atoms with van der Waals surface area (Å²) in [4.78, 5) is 0. The minimum atomic E-state index is -0.0619. The second-order valence-corrected chi connectivity index (χ2v) is 5.93. The smallest absolute Gasteiger partial charge is 0.0537 e. The van der Waals surface area contributed by atoms with Crippen LogP contribution in [0.25, 0.3) is 0 Å². The van der Waals surface area contributed by atoms with Crippen molar-refractivity contribution in [3.8, 4) is 0 Å². The molecule has 16 heavy (non-hydrogen) atoms. The summed E-state index contributed by atoms with van der Waals surface area (Å²) in [5, 5.41) is 9.43. The van der Waals surface area contributed by atoms with Crippen molar-refractivity contribution in [2.24, 2.45) is 5.41 Å². The lowest BCUT2D eigenvalue weighted by molar-refractivity contribution is 0.155. The van der Waals surface area contributed by atoms with Crippen molar-refractivity contribution < 1.29 is 5.11 Å². The van der Waals surface area contributed by atoms with Crippen LogP contribution in [0.4, 0.5) is 0 Å². The highest BCUT2D eigenvalue weighted by Gasteiger charge is 2.16. The molecule has 0 aliphatic heterocycles. The maximum Gasteiger partial charge on any atom is 0.0537 e. The predicted octanol–water partition coefficient (Wildman–Crippen LogP) is 4.92. The third-order valence-electron chi connectivity index (χ3n) is 3.57. The Morgan fingerprint density at radius 2 is 1.56 bits per heavy atom. The molecule has 1 unspecified atom stereocenters. The number of hydrogen-bond donors (Lipinski definition) is 1. The Hall–Kier alpha value is -0.0400. The van der Waals surface area contributed by atoms with Gasteiger partial charge < -0.3 is 5.11 Å². The van der Waals surface area contributed by atoms with Crippen LogP contribution in [-0.2, 0) is 0 Å². The molecule has 0 aromatic carbocycles. The summed E-state index contributed by atoms with van der Waals surface area (Å²) in [5.74, 6) is 0. The van der Waals surface area contributed by atoms with Crippen LogP contribution < -0.4 is 0 Å². The highest BCUT2D eigenvalue weighted by Crippen LogP contribution is 2.29. The Balaban J connectivity index is 3.42. The fourth-order valence-corrected chi connectivity index (χ4v) is 2.14. The van der Waals surface area contributed by atoms with Crippen molar-refractivity contribution in [2.45, 2.75) is 91.6 Å². The van der Waals surface area contributed by atoms with Gasteiger partial charge in [0.05, 0.1) is 6.10 Å². The van der Waals surface area contributed by atoms with E-state index in [1.54, 1.807) is 0 Å². The lowest BCUT2D eigenvalue weighted by Gasteiger charge is -2.24. The summed E-state index contributed by atoms with van der Waals surface area (Å²) >= 11 is 0. The van der Waals surface area contributed by atoms with Gasteiger partial charge in [0.25, 0.3) is 0 Å². The van der Waals surface area contributed by atoms with Gasteiger partial charge >= 0.3 is 0 Å². The minimum absolute atomic E-state index is 0.0619.